The van der Waals surface area contributed by atoms with Gasteiger partial charge in [0, 0.05) is 30.1 Å². The van der Waals surface area contributed by atoms with Crippen LogP contribution in [0.15, 0.2) is 63.8 Å². The number of anilines is 1. The van der Waals surface area contributed by atoms with Gasteiger partial charge in [-0.2, -0.15) is 0 Å². The van der Waals surface area contributed by atoms with E-state index in [0.29, 0.717) is 6.54 Å². The van der Waals surface area contributed by atoms with E-state index in [1.54, 1.807) is 6.26 Å². The van der Waals surface area contributed by atoms with E-state index in [1.165, 1.54) is 16.9 Å². The zero-order valence-electron chi connectivity index (χ0n) is 12.7. The molecule has 3 heteroatoms. The van der Waals surface area contributed by atoms with E-state index in [0.717, 1.165) is 5.76 Å². The number of furan rings is 1. The predicted octanol–water partition coefficient (Wildman–Crippen LogP) is 4.16. The van der Waals surface area contributed by atoms with Crippen LogP contribution in [0.25, 0.3) is 0 Å². The van der Waals surface area contributed by atoms with E-state index in [4.69, 9.17) is 4.42 Å². The minimum atomic E-state index is 0.00203. The average molecular weight is 280 g/mol. The van der Waals surface area contributed by atoms with Crippen molar-refractivity contribution in [3.8, 4) is 0 Å². The monoisotopic (exact) mass is 280 g/mol. The van der Waals surface area contributed by atoms with Gasteiger partial charge in [-0.25, -0.2) is 0 Å². The summed E-state index contributed by atoms with van der Waals surface area (Å²) in [5, 5.41) is 0. The van der Waals surface area contributed by atoms with Gasteiger partial charge in [-0.15, -0.1) is 0 Å². The molecule has 21 heavy (non-hydrogen) atoms. The van der Waals surface area contributed by atoms with Crippen molar-refractivity contribution < 1.29 is 4.42 Å². The molecule has 0 fully saturated rings. The van der Waals surface area contributed by atoms with Gasteiger partial charge in [-0.05, 0) is 29.8 Å². The second-order valence-electron chi connectivity index (χ2n) is 5.82. The summed E-state index contributed by atoms with van der Waals surface area (Å²) < 4.78 is 5.27. The molecule has 3 rings (SSSR count). The number of fused-ring (bicyclic) bond motifs is 1. The first-order chi connectivity index (χ1) is 10.1. The Bertz CT molecular complexity index is 681. The summed E-state index contributed by atoms with van der Waals surface area (Å²) in [7, 11) is 2.11. The maximum absolute atomic E-state index is 5.27. The fraction of sp³-hybridized carbons (Fsp3) is 0.278. The maximum Gasteiger partial charge on any atom is 0.125 e. The Kier molecular flexibility index (Phi) is 3.42. The topological polar surface area (TPSA) is 28.7 Å². The molecule has 0 saturated carbocycles. The number of para-hydroxylation sites is 1. The lowest BCUT2D eigenvalue weighted by atomic mass is 9.84. The molecule has 1 aliphatic heterocycles. The molecule has 2 aromatic rings. The zero-order chi connectivity index (χ0) is 14.9. The standard InChI is InChI=1S/C18H20N2O/c1-18(2)15-8-4-5-9-16(15)20(3)17(18)10-11-19-13-14-7-6-12-21-14/h4-12H,13H2,1-3H3. The largest absolute Gasteiger partial charge is 0.467 e. The molecule has 1 aromatic carbocycles. The first-order valence-corrected chi connectivity index (χ1v) is 7.17. The van der Waals surface area contributed by atoms with Gasteiger partial charge >= 0.3 is 0 Å². The molecule has 108 valence electrons. The van der Waals surface area contributed by atoms with Gasteiger partial charge in [0.05, 0.1) is 12.8 Å². The second kappa shape index (κ2) is 5.24. The third-order valence-electron chi connectivity index (χ3n) is 4.11. The van der Waals surface area contributed by atoms with Crippen LogP contribution < -0.4 is 4.90 Å². The summed E-state index contributed by atoms with van der Waals surface area (Å²) in [6, 6.07) is 12.4. The van der Waals surface area contributed by atoms with Crippen molar-refractivity contribution in [2.75, 3.05) is 11.9 Å². The van der Waals surface area contributed by atoms with E-state index in [9.17, 15) is 0 Å². The van der Waals surface area contributed by atoms with E-state index >= 15 is 0 Å². The summed E-state index contributed by atoms with van der Waals surface area (Å²) in [4.78, 5) is 6.66. The number of hydrogen-bond donors (Lipinski definition) is 0. The molecule has 0 atom stereocenters. The first-order valence-electron chi connectivity index (χ1n) is 7.17. The Morgan fingerprint density at radius 3 is 2.71 bits per heavy atom. The lowest BCUT2D eigenvalue weighted by Gasteiger charge is -2.23. The Hall–Kier alpha value is -2.29. The Morgan fingerprint density at radius 1 is 1.19 bits per heavy atom. The zero-order valence-corrected chi connectivity index (χ0v) is 12.7. The molecule has 2 heterocycles. The quantitative estimate of drug-likeness (QED) is 0.790. The van der Waals surface area contributed by atoms with Crippen LogP contribution in [0.3, 0.4) is 0 Å². The third-order valence-corrected chi connectivity index (χ3v) is 4.11. The summed E-state index contributed by atoms with van der Waals surface area (Å²) in [5.41, 5.74) is 3.89. The minimum Gasteiger partial charge on any atom is -0.467 e. The first kappa shape index (κ1) is 13.7. The summed E-state index contributed by atoms with van der Waals surface area (Å²) >= 11 is 0. The number of benzene rings is 1. The molecule has 3 nitrogen and oxygen atoms in total. The van der Waals surface area contributed by atoms with E-state index in [-0.39, 0.29) is 5.41 Å². The molecule has 1 aliphatic rings. The van der Waals surface area contributed by atoms with Gasteiger partial charge in [0.25, 0.3) is 0 Å². The molecule has 0 bridgehead atoms. The van der Waals surface area contributed by atoms with Gasteiger partial charge in [0.1, 0.15) is 5.76 Å². The van der Waals surface area contributed by atoms with Crippen molar-refractivity contribution in [2.45, 2.75) is 25.8 Å². The molecule has 0 saturated heterocycles. The summed E-state index contributed by atoms with van der Waals surface area (Å²) in [5.74, 6) is 0.881. The number of rotatable bonds is 3. The highest BCUT2D eigenvalue weighted by Gasteiger charge is 2.37. The lowest BCUT2D eigenvalue weighted by molar-refractivity contribution is 0.513. The molecule has 0 radical (unpaired) electrons. The Labute approximate surface area is 125 Å². The normalized spacial score (nSPS) is 18.6. The van der Waals surface area contributed by atoms with Crippen LogP contribution in [0, 0.1) is 0 Å². The summed E-state index contributed by atoms with van der Waals surface area (Å²) in [6.07, 6.45) is 5.65. The molecule has 1 aromatic heterocycles. The van der Waals surface area contributed by atoms with Gasteiger partial charge in [0.15, 0.2) is 0 Å². The lowest BCUT2D eigenvalue weighted by Crippen LogP contribution is -2.23. The van der Waals surface area contributed by atoms with Crippen LogP contribution in [0.1, 0.15) is 25.2 Å². The van der Waals surface area contributed by atoms with Crippen molar-refractivity contribution in [3.05, 3.63) is 65.8 Å². The third kappa shape index (κ3) is 2.40. The van der Waals surface area contributed by atoms with Crippen molar-refractivity contribution >= 4 is 11.9 Å². The average Bonchev–Trinajstić information content (AvgIpc) is 3.05. The Balaban J connectivity index is 1.82. The van der Waals surface area contributed by atoms with Crippen LogP contribution in [0.2, 0.25) is 0 Å². The van der Waals surface area contributed by atoms with Crippen LogP contribution in [0.5, 0.6) is 0 Å². The molecular weight excluding hydrogens is 260 g/mol. The van der Waals surface area contributed by atoms with Crippen molar-refractivity contribution in [1.29, 1.82) is 0 Å². The smallest absolute Gasteiger partial charge is 0.125 e. The number of hydrogen-bond acceptors (Lipinski definition) is 3. The van der Waals surface area contributed by atoms with Crippen LogP contribution >= 0.6 is 0 Å². The number of allylic oxidation sites excluding steroid dienone is 2. The number of aliphatic imine (C=N–C) groups is 1. The van der Waals surface area contributed by atoms with E-state index in [2.05, 4.69) is 61.1 Å². The highest BCUT2D eigenvalue weighted by molar-refractivity contribution is 5.79. The minimum absolute atomic E-state index is 0.00203. The van der Waals surface area contributed by atoms with Crippen molar-refractivity contribution in [3.63, 3.8) is 0 Å². The predicted molar refractivity (Wildman–Crippen MR) is 86.9 cm³/mol. The maximum atomic E-state index is 5.27. The molecule has 0 amide bonds. The summed E-state index contributed by atoms with van der Waals surface area (Å²) in [6.45, 7) is 5.08. The highest BCUT2D eigenvalue weighted by Crippen LogP contribution is 2.46. The van der Waals surface area contributed by atoms with Gasteiger partial charge in [-0.1, -0.05) is 32.0 Å². The second-order valence-corrected chi connectivity index (χ2v) is 5.82. The molecule has 0 N–H and O–H groups in total. The van der Waals surface area contributed by atoms with E-state index in [1.807, 2.05) is 18.3 Å². The molecular formula is C18H20N2O. The molecule has 0 spiro atoms. The fourth-order valence-corrected chi connectivity index (χ4v) is 2.97. The van der Waals surface area contributed by atoms with Crippen LogP contribution in [-0.4, -0.2) is 13.3 Å². The van der Waals surface area contributed by atoms with Crippen molar-refractivity contribution in [1.82, 2.24) is 0 Å². The van der Waals surface area contributed by atoms with Gasteiger partial charge in [-0.3, -0.25) is 4.99 Å². The fourth-order valence-electron chi connectivity index (χ4n) is 2.97. The van der Waals surface area contributed by atoms with Gasteiger partial charge < -0.3 is 9.32 Å². The highest BCUT2D eigenvalue weighted by atomic mass is 16.3. The SMILES string of the molecule is CN1C(=CC=NCc2ccco2)C(C)(C)c2ccccc21. The number of nitrogens with zero attached hydrogens (tertiary/aromatic N) is 2. The van der Waals surface area contributed by atoms with E-state index < -0.39 is 0 Å². The Morgan fingerprint density at radius 2 is 2.00 bits per heavy atom. The molecule has 0 unspecified atom stereocenters. The molecule has 0 aliphatic carbocycles. The van der Waals surface area contributed by atoms with Crippen LogP contribution in [0.4, 0.5) is 5.69 Å². The van der Waals surface area contributed by atoms with Gasteiger partial charge in [0.2, 0.25) is 0 Å². The van der Waals surface area contributed by atoms with Crippen LogP contribution in [-0.2, 0) is 12.0 Å². The van der Waals surface area contributed by atoms with Crippen molar-refractivity contribution in [2.24, 2.45) is 4.99 Å². The number of likely N-dealkylation sites (N-methyl/N-ethyl adjacent to an activating group) is 1.